The van der Waals surface area contributed by atoms with E-state index in [1.807, 2.05) is 24.0 Å². The number of rotatable bonds is 7. The van der Waals surface area contributed by atoms with Crippen molar-refractivity contribution in [2.75, 3.05) is 31.8 Å². The van der Waals surface area contributed by atoms with Gasteiger partial charge in [0.2, 0.25) is 5.91 Å². The minimum absolute atomic E-state index is 0.0896. The number of esters is 1. The first-order chi connectivity index (χ1) is 15.0. The highest BCUT2D eigenvalue weighted by Crippen LogP contribution is 2.22. The molecule has 0 spiro atoms. The van der Waals surface area contributed by atoms with Crippen LogP contribution in [0.2, 0.25) is 0 Å². The van der Waals surface area contributed by atoms with Gasteiger partial charge in [-0.1, -0.05) is 25.6 Å². The van der Waals surface area contributed by atoms with Gasteiger partial charge in [0.05, 0.1) is 17.9 Å². The molecule has 1 saturated heterocycles. The Hall–Kier alpha value is -3.76. The average Bonchev–Trinajstić information content (AvgIpc) is 3.27. The molecule has 160 valence electrons. The van der Waals surface area contributed by atoms with Crippen LogP contribution in [0.25, 0.3) is 4.85 Å². The predicted molar refractivity (Wildman–Crippen MR) is 114 cm³/mol. The van der Waals surface area contributed by atoms with E-state index < -0.39 is 0 Å². The molecule has 10 heteroatoms. The number of amides is 1. The Bertz CT molecular complexity index is 950. The van der Waals surface area contributed by atoms with Gasteiger partial charge in [-0.05, 0) is 48.7 Å². The molecule has 0 unspecified atom stereocenters. The van der Waals surface area contributed by atoms with E-state index in [0.29, 0.717) is 11.4 Å². The number of hydrogen-bond donors (Lipinski definition) is 1. The number of carbonyl (C=O) groups excluding carboxylic acids is 2. The molecule has 0 aliphatic carbocycles. The number of nitriles is 1. The summed E-state index contributed by atoms with van der Waals surface area (Å²) in [6.07, 6.45) is 2.44. The van der Waals surface area contributed by atoms with Crippen molar-refractivity contribution in [3.63, 3.8) is 0 Å². The summed E-state index contributed by atoms with van der Waals surface area (Å²) in [4.78, 5) is 29.4. The number of ether oxygens (including phenoxy) is 1. The largest absolute Gasteiger partial charge is 0.441 e. The summed E-state index contributed by atoms with van der Waals surface area (Å²) >= 11 is 0. The quantitative estimate of drug-likeness (QED) is 0.237. The van der Waals surface area contributed by atoms with Gasteiger partial charge >= 0.3 is 11.8 Å². The van der Waals surface area contributed by atoms with Gasteiger partial charge in [-0.3, -0.25) is 14.5 Å². The highest BCUT2D eigenvalue weighted by atomic mass is 16.5. The molecule has 1 fully saturated rings. The first-order valence-corrected chi connectivity index (χ1v) is 9.98. The summed E-state index contributed by atoms with van der Waals surface area (Å²) < 4.78 is 5.27. The van der Waals surface area contributed by atoms with Crippen molar-refractivity contribution in [1.29, 1.82) is 5.26 Å². The number of anilines is 1. The molecule has 0 saturated carbocycles. The highest BCUT2D eigenvalue weighted by Gasteiger charge is 2.28. The second kappa shape index (κ2) is 10.3. The normalized spacial score (nSPS) is 19.4. The van der Waals surface area contributed by atoms with Crippen LogP contribution < -0.4 is 5.43 Å². The van der Waals surface area contributed by atoms with Crippen molar-refractivity contribution >= 4 is 29.1 Å². The predicted octanol–water partition coefficient (Wildman–Crippen LogP) is 2.02. The second-order valence-corrected chi connectivity index (χ2v) is 7.36. The molecular formula is C21H23N7O3. The van der Waals surface area contributed by atoms with Gasteiger partial charge in [0.25, 0.3) is 0 Å². The van der Waals surface area contributed by atoms with Crippen LogP contribution in [0.4, 0.5) is 5.69 Å². The maximum Gasteiger partial charge on any atom is 0.371 e. The fourth-order valence-electron chi connectivity index (χ4n) is 3.40. The molecule has 0 radical (unpaired) electrons. The molecule has 0 bridgehead atoms. The molecule has 2 aliphatic rings. The molecule has 2 heterocycles. The lowest BCUT2D eigenvalue weighted by Gasteiger charge is -2.27. The van der Waals surface area contributed by atoms with Gasteiger partial charge in [-0.2, -0.15) is 10.1 Å². The van der Waals surface area contributed by atoms with Gasteiger partial charge in [0, 0.05) is 12.3 Å². The third kappa shape index (κ3) is 5.87. The monoisotopic (exact) mass is 421 g/mol. The number of carbonyl (C=O) groups is 2. The third-order valence-corrected chi connectivity index (χ3v) is 5.04. The molecule has 1 aromatic carbocycles. The molecule has 1 amide bonds. The topological polar surface area (TPSA) is 115 Å². The SMILES string of the molecule is [C-]#[N+]/C(C#N)=N/Nc1ccc(C2=NN(COC(=O)CN3CCCC3)C(=O)C[C@H]2C)cc1. The second-order valence-electron chi connectivity index (χ2n) is 7.36. The van der Waals surface area contributed by atoms with Gasteiger partial charge in [-0.15, -0.1) is 0 Å². The minimum Gasteiger partial charge on any atom is -0.441 e. The number of benzene rings is 1. The van der Waals surface area contributed by atoms with Crippen LogP contribution in [0.3, 0.4) is 0 Å². The summed E-state index contributed by atoms with van der Waals surface area (Å²) in [6.45, 7) is 10.5. The van der Waals surface area contributed by atoms with Gasteiger partial charge in [-0.25, -0.2) is 10.7 Å². The Kier molecular flexibility index (Phi) is 7.31. The van der Waals surface area contributed by atoms with E-state index in [9.17, 15) is 9.59 Å². The van der Waals surface area contributed by atoms with Crippen LogP contribution in [0.15, 0.2) is 34.5 Å². The van der Waals surface area contributed by atoms with Crippen molar-refractivity contribution in [1.82, 2.24) is 9.91 Å². The summed E-state index contributed by atoms with van der Waals surface area (Å²) in [5.41, 5.74) is 4.78. The van der Waals surface area contributed by atoms with E-state index in [4.69, 9.17) is 16.6 Å². The molecule has 3 rings (SSSR count). The highest BCUT2D eigenvalue weighted by molar-refractivity contribution is 6.06. The molecule has 10 nitrogen and oxygen atoms in total. The van der Waals surface area contributed by atoms with Gasteiger partial charge in [0.15, 0.2) is 6.73 Å². The zero-order valence-electron chi connectivity index (χ0n) is 17.2. The van der Waals surface area contributed by atoms with E-state index in [2.05, 4.69) is 20.5 Å². The smallest absolute Gasteiger partial charge is 0.371 e. The minimum atomic E-state index is -0.364. The Morgan fingerprint density at radius 3 is 2.74 bits per heavy atom. The zero-order valence-corrected chi connectivity index (χ0v) is 17.2. The number of likely N-dealkylation sites (tertiary alicyclic amines) is 1. The Balaban J connectivity index is 1.64. The van der Waals surface area contributed by atoms with E-state index in [1.165, 1.54) is 5.01 Å². The zero-order chi connectivity index (χ0) is 22.2. The lowest BCUT2D eigenvalue weighted by Crippen LogP contribution is -2.39. The fourth-order valence-corrected chi connectivity index (χ4v) is 3.40. The van der Waals surface area contributed by atoms with Crippen molar-refractivity contribution in [2.24, 2.45) is 16.1 Å². The molecule has 1 N–H and O–H groups in total. The number of hydrogen-bond acceptors (Lipinski definition) is 8. The third-order valence-electron chi connectivity index (χ3n) is 5.04. The van der Waals surface area contributed by atoms with E-state index >= 15 is 0 Å². The number of amidine groups is 1. The number of hydrazone groups is 2. The maximum absolute atomic E-state index is 12.3. The maximum atomic E-state index is 12.3. The summed E-state index contributed by atoms with van der Waals surface area (Å²) in [5.74, 6) is -0.936. The van der Waals surface area contributed by atoms with Crippen LogP contribution in [0.5, 0.6) is 0 Å². The van der Waals surface area contributed by atoms with Crippen molar-refractivity contribution in [3.05, 3.63) is 41.2 Å². The van der Waals surface area contributed by atoms with Crippen LogP contribution in [0.1, 0.15) is 31.7 Å². The van der Waals surface area contributed by atoms with Gasteiger partial charge in [0.1, 0.15) is 6.07 Å². The average molecular weight is 421 g/mol. The summed E-state index contributed by atoms with van der Waals surface area (Å²) in [5, 5.41) is 18.1. The fraction of sp³-hybridized carbons (Fsp3) is 0.429. The molecule has 2 aliphatic heterocycles. The van der Waals surface area contributed by atoms with Crippen LogP contribution >= 0.6 is 0 Å². The molecule has 1 atom stereocenters. The lowest BCUT2D eigenvalue weighted by molar-refractivity contribution is -0.154. The van der Waals surface area contributed by atoms with E-state index in [0.717, 1.165) is 31.5 Å². The summed E-state index contributed by atoms with van der Waals surface area (Å²) in [7, 11) is 0. The Morgan fingerprint density at radius 1 is 1.39 bits per heavy atom. The lowest BCUT2D eigenvalue weighted by atomic mass is 9.94. The molecule has 31 heavy (non-hydrogen) atoms. The molecular weight excluding hydrogens is 398 g/mol. The van der Waals surface area contributed by atoms with Crippen molar-refractivity contribution < 1.29 is 14.3 Å². The number of nitrogens with one attached hydrogen (secondary N) is 1. The standard InChI is InChI=1S/C21H23N7O3/c1-15-11-19(29)28(14-31-20(30)13-27-9-3-4-10-27)26-21(15)16-5-7-17(8-6-16)24-25-18(12-22)23-2/h5-8,15,24H,3-4,9-11,13-14H2,1H3/b25-18+/t15-/m1/s1. The van der Waals surface area contributed by atoms with E-state index in [1.54, 1.807) is 18.2 Å². The van der Waals surface area contributed by atoms with Crippen molar-refractivity contribution in [3.8, 4) is 6.07 Å². The van der Waals surface area contributed by atoms with Crippen LogP contribution in [0, 0.1) is 23.8 Å². The summed E-state index contributed by atoms with van der Waals surface area (Å²) in [6, 6.07) is 8.78. The number of nitrogens with zero attached hydrogens (tertiary/aromatic N) is 6. The van der Waals surface area contributed by atoms with Gasteiger partial charge < -0.3 is 9.58 Å². The Morgan fingerprint density at radius 2 is 2.10 bits per heavy atom. The first kappa shape index (κ1) is 21.9. The van der Waals surface area contributed by atoms with Crippen LogP contribution in [-0.4, -0.2) is 59.7 Å². The first-order valence-electron chi connectivity index (χ1n) is 9.98. The van der Waals surface area contributed by atoms with Crippen LogP contribution in [-0.2, 0) is 14.3 Å². The van der Waals surface area contributed by atoms with Crippen molar-refractivity contribution in [2.45, 2.75) is 26.2 Å². The van der Waals surface area contributed by atoms with E-state index in [-0.39, 0.29) is 43.3 Å². The molecule has 1 aromatic rings. The Labute approximate surface area is 180 Å². The molecule has 0 aromatic heterocycles.